The van der Waals surface area contributed by atoms with Crippen LogP contribution in [0.4, 0.5) is 31.1 Å². The smallest absolute Gasteiger partial charge is 0.416 e. The van der Waals surface area contributed by atoms with E-state index in [-0.39, 0.29) is 24.3 Å². The Hall–Kier alpha value is -3.06. The predicted octanol–water partition coefficient (Wildman–Crippen LogP) is 8.88. The number of ether oxygens (including phenoxy) is 1. The summed E-state index contributed by atoms with van der Waals surface area (Å²) in [6, 6.07) is 7.70. The van der Waals surface area contributed by atoms with Crippen LogP contribution in [0.25, 0.3) is 0 Å². The van der Waals surface area contributed by atoms with Crippen molar-refractivity contribution < 1.29 is 50.2 Å². The summed E-state index contributed by atoms with van der Waals surface area (Å²) in [4.78, 5) is 25.5. The highest BCUT2D eigenvalue weighted by Gasteiger charge is 2.43. The maximum absolute atomic E-state index is 13.2. The first-order valence-electron chi connectivity index (χ1n) is 14.5. The van der Waals surface area contributed by atoms with Crippen molar-refractivity contribution in [3.05, 3.63) is 70.8 Å². The number of rotatable bonds is 11. The molecular formula is C32H43F6NO5Si. The van der Waals surface area contributed by atoms with Gasteiger partial charge in [-0.15, -0.1) is 0 Å². The van der Waals surface area contributed by atoms with Crippen molar-refractivity contribution in [3.63, 3.8) is 0 Å². The third-order valence-corrected chi connectivity index (χ3v) is 12.3. The highest BCUT2D eigenvalue weighted by Crippen LogP contribution is 2.39. The molecule has 0 spiro atoms. The van der Waals surface area contributed by atoms with E-state index in [0.717, 1.165) is 24.3 Å². The topological polar surface area (TPSA) is 84.9 Å². The molecular weight excluding hydrogens is 620 g/mol. The Labute approximate surface area is 261 Å². The molecule has 0 fully saturated rings. The maximum Gasteiger partial charge on any atom is 0.416 e. The number of amides is 1. The van der Waals surface area contributed by atoms with Crippen molar-refractivity contribution >= 4 is 20.4 Å². The number of aliphatic carboxylic acids is 1. The van der Waals surface area contributed by atoms with Crippen molar-refractivity contribution in [2.75, 3.05) is 0 Å². The first-order valence-corrected chi connectivity index (χ1v) is 17.4. The van der Waals surface area contributed by atoms with E-state index in [1.54, 1.807) is 20.8 Å². The van der Waals surface area contributed by atoms with Crippen molar-refractivity contribution in [1.29, 1.82) is 0 Å². The molecule has 6 nitrogen and oxygen atoms in total. The normalized spacial score (nSPS) is 15.2. The average molecular weight is 664 g/mol. The Bertz CT molecular complexity index is 1280. The van der Waals surface area contributed by atoms with Crippen LogP contribution < -0.4 is 5.32 Å². The number of hydrogen-bond donors (Lipinski definition) is 2. The molecule has 0 aromatic heterocycles. The highest BCUT2D eigenvalue weighted by atomic mass is 28.4. The van der Waals surface area contributed by atoms with E-state index >= 15 is 0 Å². The van der Waals surface area contributed by atoms with Gasteiger partial charge in [0.25, 0.3) is 0 Å². The lowest BCUT2D eigenvalue weighted by atomic mass is 9.89. The number of carboxylic acid groups (broad SMARTS) is 1. The summed E-state index contributed by atoms with van der Waals surface area (Å²) in [6.45, 7) is 14.8. The molecule has 2 N–H and O–H groups in total. The van der Waals surface area contributed by atoms with Gasteiger partial charge in [-0.05, 0) is 93.6 Å². The van der Waals surface area contributed by atoms with Crippen LogP contribution in [0, 0.1) is 5.92 Å². The summed E-state index contributed by atoms with van der Waals surface area (Å²) in [5.74, 6) is -2.35. The van der Waals surface area contributed by atoms with Gasteiger partial charge in [-0.2, -0.15) is 26.3 Å². The molecule has 2 aromatic rings. The zero-order valence-electron chi connectivity index (χ0n) is 26.8. The number of hydrogen-bond acceptors (Lipinski definition) is 4. The fraction of sp³-hybridized carbons (Fsp3) is 0.562. The van der Waals surface area contributed by atoms with E-state index in [1.165, 1.54) is 24.3 Å². The van der Waals surface area contributed by atoms with Crippen molar-refractivity contribution in [2.24, 2.45) is 5.92 Å². The predicted molar refractivity (Wildman–Crippen MR) is 161 cm³/mol. The summed E-state index contributed by atoms with van der Waals surface area (Å²) in [5, 5.41) is 12.6. The monoisotopic (exact) mass is 663 g/mol. The molecule has 13 heteroatoms. The van der Waals surface area contributed by atoms with Gasteiger partial charge in [-0.1, -0.05) is 45.0 Å². The molecule has 0 saturated carbocycles. The van der Waals surface area contributed by atoms with Crippen molar-refractivity contribution in [2.45, 2.75) is 109 Å². The highest BCUT2D eigenvalue weighted by molar-refractivity contribution is 6.74. The number of carbonyl (C=O) groups is 2. The Morgan fingerprint density at radius 3 is 1.56 bits per heavy atom. The minimum absolute atomic E-state index is 0.0106. The van der Waals surface area contributed by atoms with E-state index in [9.17, 15) is 41.0 Å². The number of carboxylic acids is 1. The van der Waals surface area contributed by atoms with E-state index in [2.05, 4.69) is 5.32 Å². The fourth-order valence-electron chi connectivity index (χ4n) is 4.33. The molecule has 0 heterocycles. The molecule has 252 valence electrons. The number of alkyl halides is 6. The SMILES string of the molecule is CC(C)(C)OC(=O)NC(Cc1ccc(C(F)(F)F)cc1)C(CC(Cc1ccc(C(F)(F)F)cc1)C(=O)O)O[Si](C)(C)C(C)(C)C. The third-order valence-electron chi connectivity index (χ3n) is 7.77. The molecule has 3 unspecified atom stereocenters. The summed E-state index contributed by atoms with van der Waals surface area (Å²) >= 11 is 0. The summed E-state index contributed by atoms with van der Waals surface area (Å²) in [6.07, 6.45) is -11.1. The maximum atomic E-state index is 13.2. The van der Waals surface area contributed by atoms with E-state index in [1.807, 2.05) is 33.9 Å². The van der Waals surface area contributed by atoms with Crippen LogP contribution in [-0.4, -0.2) is 43.2 Å². The molecule has 0 aliphatic heterocycles. The lowest BCUT2D eigenvalue weighted by Gasteiger charge is -2.42. The van der Waals surface area contributed by atoms with Gasteiger partial charge in [-0.3, -0.25) is 4.79 Å². The first kappa shape index (κ1) is 38.1. The summed E-state index contributed by atoms with van der Waals surface area (Å²) in [7, 11) is -2.66. The Morgan fingerprint density at radius 2 is 1.20 bits per heavy atom. The van der Waals surface area contributed by atoms with Crippen LogP contribution in [0.2, 0.25) is 18.1 Å². The molecule has 0 bridgehead atoms. The zero-order valence-corrected chi connectivity index (χ0v) is 27.8. The quantitative estimate of drug-likeness (QED) is 0.185. The Morgan fingerprint density at radius 1 is 0.778 bits per heavy atom. The molecule has 45 heavy (non-hydrogen) atoms. The van der Waals surface area contributed by atoms with E-state index < -0.39 is 67.5 Å². The van der Waals surface area contributed by atoms with Crippen LogP contribution in [0.3, 0.4) is 0 Å². The van der Waals surface area contributed by atoms with Gasteiger partial charge in [-0.25, -0.2) is 4.79 Å². The molecule has 0 radical (unpaired) electrons. The second-order valence-electron chi connectivity index (χ2n) is 13.7. The van der Waals surface area contributed by atoms with Gasteiger partial charge in [0.15, 0.2) is 8.32 Å². The van der Waals surface area contributed by atoms with Crippen LogP contribution in [0.1, 0.15) is 70.2 Å². The molecule has 0 aliphatic carbocycles. The van der Waals surface area contributed by atoms with Crippen LogP contribution >= 0.6 is 0 Å². The lowest BCUT2D eigenvalue weighted by molar-refractivity contribution is -0.143. The Balaban J connectivity index is 2.55. The van der Waals surface area contributed by atoms with Gasteiger partial charge in [0.2, 0.25) is 0 Å². The van der Waals surface area contributed by atoms with E-state index in [0.29, 0.717) is 11.1 Å². The molecule has 1 amide bonds. The van der Waals surface area contributed by atoms with Crippen LogP contribution in [0.5, 0.6) is 0 Å². The average Bonchev–Trinajstić information content (AvgIpc) is 2.85. The summed E-state index contributed by atoms with van der Waals surface area (Å²) < 4.78 is 91.1. The zero-order chi connectivity index (χ0) is 34.6. The number of benzene rings is 2. The number of alkyl carbamates (subject to hydrolysis) is 1. The van der Waals surface area contributed by atoms with Gasteiger partial charge in [0.05, 0.1) is 29.2 Å². The minimum atomic E-state index is -4.55. The Kier molecular flexibility index (Phi) is 12.0. The molecule has 0 saturated heterocycles. The standard InChI is InChI=1S/C32H43F6NO5Si/c1-29(2,3)43-28(42)39-25(18-21-11-15-24(16-12-21)32(36,37)38)26(44-45(7,8)30(4,5)6)19-22(27(40)41)17-20-9-13-23(14-10-20)31(33,34)35/h9-16,22,25-26H,17-19H2,1-8H3,(H,39,42)(H,40,41). The van der Waals surface area contributed by atoms with Gasteiger partial charge < -0.3 is 19.6 Å². The van der Waals surface area contributed by atoms with Crippen molar-refractivity contribution in [3.8, 4) is 0 Å². The van der Waals surface area contributed by atoms with Gasteiger partial charge in [0, 0.05) is 0 Å². The van der Waals surface area contributed by atoms with E-state index in [4.69, 9.17) is 9.16 Å². The second kappa shape index (κ2) is 14.1. The fourth-order valence-corrected chi connectivity index (χ4v) is 5.70. The molecule has 2 aromatic carbocycles. The third kappa shape index (κ3) is 12.0. The number of nitrogens with one attached hydrogen (secondary N) is 1. The van der Waals surface area contributed by atoms with Crippen LogP contribution in [-0.2, 0) is 39.2 Å². The molecule has 0 aliphatic rings. The van der Waals surface area contributed by atoms with Gasteiger partial charge >= 0.3 is 24.4 Å². The van der Waals surface area contributed by atoms with Gasteiger partial charge in [0.1, 0.15) is 5.60 Å². The second-order valence-corrected chi connectivity index (χ2v) is 18.5. The number of carbonyl (C=O) groups excluding carboxylic acids is 1. The first-order chi connectivity index (χ1) is 20.3. The number of halogens is 6. The summed E-state index contributed by atoms with van der Waals surface area (Å²) in [5.41, 5.74) is -1.80. The minimum Gasteiger partial charge on any atom is -0.481 e. The van der Waals surface area contributed by atoms with Crippen molar-refractivity contribution in [1.82, 2.24) is 5.32 Å². The van der Waals surface area contributed by atoms with Crippen LogP contribution in [0.15, 0.2) is 48.5 Å². The lowest BCUT2D eigenvalue weighted by Crippen LogP contribution is -2.54. The molecule has 3 atom stereocenters. The molecule has 2 rings (SSSR count). The largest absolute Gasteiger partial charge is 0.481 e.